The summed E-state index contributed by atoms with van der Waals surface area (Å²) in [5.74, 6) is -0.881. The summed E-state index contributed by atoms with van der Waals surface area (Å²) in [4.78, 5) is 10.3. The van der Waals surface area contributed by atoms with Crippen molar-refractivity contribution < 1.29 is 39.5 Å². The van der Waals surface area contributed by atoms with Crippen LogP contribution in [0.5, 0.6) is 0 Å². The van der Waals surface area contributed by atoms with Crippen LogP contribution in [-0.2, 0) is 4.79 Å². The number of carbonyl (C=O) groups is 1. The summed E-state index contributed by atoms with van der Waals surface area (Å²) in [6, 6.07) is 0. The van der Waals surface area contributed by atoms with E-state index in [2.05, 4.69) is 26.8 Å². The van der Waals surface area contributed by atoms with Gasteiger partial charge in [0.1, 0.15) is 0 Å². The second kappa shape index (κ2) is 5.88. The van der Waals surface area contributed by atoms with Crippen LogP contribution in [0.25, 0.3) is 0 Å². The second-order valence-electron chi connectivity index (χ2n) is 4.63. The molecule has 78 valence electrons. The van der Waals surface area contributed by atoms with Crippen molar-refractivity contribution >= 4 is 5.97 Å². The van der Waals surface area contributed by atoms with Crippen LogP contribution in [-0.4, -0.2) is 5.97 Å². The van der Waals surface area contributed by atoms with Crippen molar-refractivity contribution in [3.8, 4) is 0 Å². The predicted octanol–water partition coefficient (Wildman–Crippen LogP) is -1.32. The van der Waals surface area contributed by atoms with Gasteiger partial charge >= 0.3 is 29.6 Å². The average molecular weight is 216 g/mol. The minimum atomic E-state index is -1.11. The zero-order valence-electron chi connectivity index (χ0n) is 10.0. The monoisotopic (exact) mass is 216 g/mol. The molecule has 1 aliphatic rings. The Bertz CT molecular complexity index is 290. The fraction of sp³-hybridized carbons (Fsp3) is 0.583. The van der Waals surface area contributed by atoms with Crippen molar-refractivity contribution in [2.75, 3.05) is 0 Å². The van der Waals surface area contributed by atoms with E-state index in [9.17, 15) is 9.90 Å². The molecule has 1 rings (SSSR count). The Morgan fingerprint density at radius 2 is 2.20 bits per heavy atom. The van der Waals surface area contributed by atoms with E-state index in [0.29, 0.717) is 0 Å². The van der Waals surface area contributed by atoms with Gasteiger partial charge in [0.2, 0.25) is 0 Å². The molecule has 0 aromatic rings. The normalized spacial score (nSPS) is 24.5. The minimum Gasteiger partial charge on any atom is -0.545 e. The van der Waals surface area contributed by atoms with Crippen molar-refractivity contribution in [3.05, 3.63) is 23.8 Å². The quantitative estimate of drug-likeness (QED) is 0.326. The second-order valence-corrected chi connectivity index (χ2v) is 4.63. The first-order chi connectivity index (χ1) is 6.43. The van der Waals surface area contributed by atoms with E-state index in [0.717, 1.165) is 18.9 Å². The fourth-order valence-electron chi connectivity index (χ4n) is 2.16. The number of carbonyl (C=O) groups excluding carboxylic acids is 1. The Hall–Kier alpha value is -0.0500. The van der Waals surface area contributed by atoms with Gasteiger partial charge in [0.25, 0.3) is 0 Å². The first-order valence-corrected chi connectivity index (χ1v) is 4.99. The summed E-state index contributed by atoms with van der Waals surface area (Å²) < 4.78 is 0. The number of carboxylic acid groups (broad SMARTS) is 1. The molecule has 0 heterocycles. The van der Waals surface area contributed by atoms with Crippen LogP contribution in [0.1, 0.15) is 33.6 Å². The molecule has 0 saturated heterocycles. The maximum absolute atomic E-state index is 10.3. The topological polar surface area (TPSA) is 40.1 Å². The largest absolute Gasteiger partial charge is 1.00 e. The van der Waals surface area contributed by atoms with E-state index >= 15 is 0 Å². The van der Waals surface area contributed by atoms with Crippen LogP contribution in [0.4, 0.5) is 0 Å². The van der Waals surface area contributed by atoms with Crippen LogP contribution in [0.2, 0.25) is 0 Å². The molecule has 0 amide bonds. The summed E-state index contributed by atoms with van der Waals surface area (Å²) in [6.45, 7) is 6.41. The zero-order valence-corrected chi connectivity index (χ0v) is 12.0. The molecule has 0 N–H and O–H groups in total. The number of hydrogen-bond donors (Lipinski definition) is 0. The van der Waals surface area contributed by atoms with Crippen molar-refractivity contribution in [1.29, 1.82) is 0 Å². The van der Waals surface area contributed by atoms with Gasteiger partial charge in [-0.25, -0.2) is 0 Å². The molecule has 0 bridgehead atoms. The number of hydrogen-bond acceptors (Lipinski definition) is 2. The first-order valence-electron chi connectivity index (χ1n) is 4.99. The number of rotatable bonds is 2. The molecular formula is C12H17NaO2. The van der Waals surface area contributed by atoms with Gasteiger partial charge in [-0.15, -0.1) is 0 Å². The molecule has 0 radical (unpaired) electrons. The fourth-order valence-corrected chi connectivity index (χ4v) is 2.16. The van der Waals surface area contributed by atoms with Crippen LogP contribution in [0.3, 0.4) is 0 Å². The van der Waals surface area contributed by atoms with Crippen LogP contribution in [0.15, 0.2) is 23.8 Å². The zero-order chi connectivity index (χ0) is 10.8. The molecule has 0 fully saturated rings. The van der Waals surface area contributed by atoms with Crippen LogP contribution >= 0.6 is 0 Å². The Kier molecular flexibility index (Phi) is 5.86. The van der Waals surface area contributed by atoms with Gasteiger partial charge in [-0.1, -0.05) is 31.6 Å². The Balaban J connectivity index is 0.00000196. The van der Waals surface area contributed by atoms with Gasteiger partial charge in [0, 0.05) is 5.92 Å². The molecule has 2 nitrogen and oxygen atoms in total. The van der Waals surface area contributed by atoms with Gasteiger partial charge in [-0.3, -0.25) is 0 Å². The SMILES string of the molecule is CC1=CCCC(C)(C)C1C=CC(=O)[O-].[Na+]. The first kappa shape index (κ1) is 14.9. The number of allylic oxidation sites excluding steroid dienone is 3. The maximum atomic E-state index is 10.3. The molecule has 1 atom stereocenters. The smallest absolute Gasteiger partial charge is 0.545 e. The third-order valence-corrected chi connectivity index (χ3v) is 3.01. The van der Waals surface area contributed by atoms with E-state index in [1.165, 1.54) is 5.57 Å². The van der Waals surface area contributed by atoms with Crippen molar-refractivity contribution in [2.45, 2.75) is 33.6 Å². The summed E-state index contributed by atoms with van der Waals surface area (Å²) >= 11 is 0. The molecule has 1 aliphatic carbocycles. The third kappa shape index (κ3) is 4.13. The number of carboxylic acids is 1. The predicted molar refractivity (Wildman–Crippen MR) is 54.4 cm³/mol. The number of aliphatic carboxylic acids is 1. The Labute approximate surface area is 114 Å². The molecule has 3 heteroatoms. The molecular weight excluding hydrogens is 199 g/mol. The molecule has 0 saturated carbocycles. The van der Waals surface area contributed by atoms with Crippen molar-refractivity contribution in [1.82, 2.24) is 0 Å². The summed E-state index contributed by atoms with van der Waals surface area (Å²) in [5, 5.41) is 10.3. The Morgan fingerprint density at radius 3 is 2.67 bits per heavy atom. The molecule has 15 heavy (non-hydrogen) atoms. The van der Waals surface area contributed by atoms with Crippen LogP contribution < -0.4 is 34.7 Å². The summed E-state index contributed by atoms with van der Waals surface area (Å²) in [6.07, 6.45) is 7.28. The molecule has 1 unspecified atom stereocenters. The molecule has 0 aromatic heterocycles. The van der Waals surface area contributed by atoms with Gasteiger partial charge in [0.05, 0.1) is 5.97 Å². The molecule has 0 aliphatic heterocycles. The van der Waals surface area contributed by atoms with E-state index in [4.69, 9.17) is 0 Å². The van der Waals surface area contributed by atoms with Gasteiger partial charge < -0.3 is 9.90 Å². The summed E-state index contributed by atoms with van der Waals surface area (Å²) in [7, 11) is 0. The van der Waals surface area contributed by atoms with Crippen molar-refractivity contribution in [2.24, 2.45) is 11.3 Å². The average Bonchev–Trinajstić information content (AvgIpc) is 2.01. The molecule has 0 spiro atoms. The summed E-state index contributed by atoms with van der Waals surface area (Å²) in [5.41, 5.74) is 1.42. The van der Waals surface area contributed by atoms with E-state index in [1.54, 1.807) is 6.08 Å². The molecule has 0 aromatic carbocycles. The standard InChI is InChI=1S/C12H18O2.Na/c1-9-5-4-8-12(2,3)10(9)6-7-11(13)14;/h5-7,10H,4,8H2,1-3H3,(H,13,14);/q;+1/p-1. The minimum absolute atomic E-state index is 0. The van der Waals surface area contributed by atoms with Gasteiger partial charge in [0.15, 0.2) is 0 Å². The van der Waals surface area contributed by atoms with Crippen molar-refractivity contribution in [3.63, 3.8) is 0 Å². The van der Waals surface area contributed by atoms with Gasteiger partial charge in [-0.05, 0) is 31.3 Å². The van der Waals surface area contributed by atoms with Gasteiger partial charge in [-0.2, -0.15) is 0 Å². The van der Waals surface area contributed by atoms with E-state index in [1.807, 2.05) is 0 Å². The Morgan fingerprint density at radius 1 is 1.60 bits per heavy atom. The van der Waals surface area contributed by atoms with Crippen LogP contribution in [0, 0.1) is 11.3 Å². The van der Waals surface area contributed by atoms with E-state index < -0.39 is 5.97 Å². The van der Waals surface area contributed by atoms with E-state index in [-0.39, 0.29) is 40.9 Å². The maximum Gasteiger partial charge on any atom is 1.00 e. The third-order valence-electron chi connectivity index (χ3n) is 3.01.